The average Bonchev–Trinajstić information content (AvgIpc) is 2.35. The average molecular weight is 316 g/mol. The van der Waals surface area contributed by atoms with E-state index in [0.29, 0.717) is 6.54 Å². The van der Waals surface area contributed by atoms with E-state index < -0.39 is 5.60 Å². The van der Waals surface area contributed by atoms with Crippen LogP contribution < -0.4 is 5.32 Å². The van der Waals surface area contributed by atoms with Gasteiger partial charge in [-0.05, 0) is 28.8 Å². The van der Waals surface area contributed by atoms with Gasteiger partial charge in [-0.1, -0.05) is 27.7 Å². The molecule has 0 saturated heterocycles. The van der Waals surface area contributed by atoms with Crippen molar-refractivity contribution in [1.29, 1.82) is 0 Å². The minimum Gasteiger partial charge on any atom is -0.388 e. The van der Waals surface area contributed by atoms with Gasteiger partial charge in [-0.15, -0.1) is 0 Å². The lowest BCUT2D eigenvalue weighted by atomic mass is 9.98. The summed E-state index contributed by atoms with van der Waals surface area (Å²) < 4.78 is 0.764. The Balaban J connectivity index is 2.79. The fraction of sp³-hybridized carbons (Fsp3) is 0.692. The standard InChI is InChI=1S/C13H22BrN3O/c1-5-13(18,6-2)8-15-11-7-10(14)16-12(17-11)9(3)4/h7,9,18H,5-6,8H2,1-4H3,(H,15,16,17). The van der Waals surface area contributed by atoms with Crippen molar-refractivity contribution in [2.24, 2.45) is 0 Å². The van der Waals surface area contributed by atoms with Crippen LogP contribution >= 0.6 is 15.9 Å². The molecule has 4 nitrogen and oxygen atoms in total. The third-order valence-electron chi connectivity index (χ3n) is 3.14. The molecule has 0 aromatic carbocycles. The number of hydrogen-bond donors (Lipinski definition) is 2. The fourth-order valence-electron chi connectivity index (χ4n) is 1.54. The number of hydrogen-bond acceptors (Lipinski definition) is 4. The van der Waals surface area contributed by atoms with Crippen molar-refractivity contribution < 1.29 is 5.11 Å². The zero-order chi connectivity index (χ0) is 13.8. The molecule has 0 spiro atoms. The molecule has 5 heteroatoms. The molecule has 1 aromatic rings. The molecule has 0 fully saturated rings. The van der Waals surface area contributed by atoms with Crippen molar-refractivity contribution in [3.8, 4) is 0 Å². The van der Waals surface area contributed by atoms with Crippen molar-refractivity contribution in [2.45, 2.75) is 52.1 Å². The second-order valence-electron chi connectivity index (χ2n) is 4.87. The van der Waals surface area contributed by atoms with Crippen LogP contribution in [0.5, 0.6) is 0 Å². The van der Waals surface area contributed by atoms with E-state index in [0.717, 1.165) is 29.1 Å². The summed E-state index contributed by atoms with van der Waals surface area (Å²) in [6.07, 6.45) is 1.44. The van der Waals surface area contributed by atoms with Crippen LogP contribution in [0.4, 0.5) is 5.82 Å². The van der Waals surface area contributed by atoms with Crippen LogP contribution in [0.1, 0.15) is 52.3 Å². The molecular weight excluding hydrogens is 294 g/mol. The molecule has 1 heterocycles. The first-order valence-electron chi connectivity index (χ1n) is 6.41. The Kier molecular flexibility index (Phi) is 5.53. The predicted octanol–water partition coefficient (Wildman–Crippen LogP) is 3.33. The van der Waals surface area contributed by atoms with Crippen LogP contribution in [-0.2, 0) is 0 Å². The number of nitrogens with one attached hydrogen (secondary N) is 1. The first-order valence-corrected chi connectivity index (χ1v) is 7.20. The van der Waals surface area contributed by atoms with Crippen LogP contribution in [0.3, 0.4) is 0 Å². The van der Waals surface area contributed by atoms with E-state index in [9.17, 15) is 5.11 Å². The highest BCUT2D eigenvalue weighted by atomic mass is 79.9. The molecule has 0 unspecified atom stereocenters. The Labute approximate surface area is 117 Å². The van der Waals surface area contributed by atoms with Crippen molar-refractivity contribution in [3.63, 3.8) is 0 Å². The molecule has 18 heavy (non-hydrogen) atoms. The Morgan fingerprint density at radius 1 is 1.33 bits per heavy atom. The summed E-state index contributed by atoms with van der Waals surface area (Å²) in [5.41, 5.74) is -0.671. The Hall–Kier alpha value is -0.680. The molecule has 1 rings (SSSR count). The number of aromatic nitrogens is 2. The summed E-state index contributed by atoms with van der Waals surface area (Å²) in [4.78, 5) is 8.76. The number of anilines is 1. The number of aliphatic hydroxyl groups is 1. The van der Waals surface area contributed by atoms with Gasteiger partial charge in [-0.3, -0.25) is 0 Å². The third-order valence-corrected chi connectivity index (χ3v) is 3.55. The maximum absolute atomic E-state index is 10.2. The second kappa shape index (κ2) is 6.48. The zero-order valence-corrected chi connectivity index (χ0v) is 13.1. The lowest BCUT2D eigenvalue weighted by Crippen LogP contribution is -2.35. The summed E-state index contributed by atoms with van der Waals surface area (Å²) in [7, 11) is 0. The smallest absolute Gasteiger partial charge is 0.134 e. The number of nitrogens with zero attached hydrogens (tertiary/aromatic N) is 2. The van der Waals surface area contributed by atoms with Crippen LogP contribution in [0.2, 0.25) is 0 Å². The van der Waals surface area contributed by atoms with Crippen LogP contribution in [0, 0.1) is 0 Å². The van der Waals surface area contributed by atoms with Gasteiger partial charge in [-0.25, -0.2) is 9.97 Å². The number of halogens is 1. The van der Waals surface area contributed by atoms with E-state index >= 15 is 0 Å². The second-order valence-corrected chi connectivity index (χ2v) is 5.69. The molecule has 0 amide bonds. The molecule has 0 aliphatic rings. The van der Waals surface area contributed by atoms with Gasteiger partial charge in [0.25, 0.3) is 0 Å². The molecule has 0 radical (unpaired) electrons. The molecule has 1 aromatic heterocycles. The van der Waals surface area contributed by atoms with Gasteiger partial charge < -0.3 is 10.4 Å². The Morgan fingerprint density at radius 2 is 1.94 bits per heavy atom. The lowest BCUT2D eigenvalue weighted by molar-refractivity contribution is 0.0456. The molecular formula is C13H22BrN3O. The number of rotatable bonds is 6. The molecule has 0 atom stereocenters. The highest BCUT2D eigenvalue weighted by Gasteiger charge is 2.22. The highest BCUT2D eigenvalue weighted by Crippen LogP contribution is 2.19. The molecule has 0 bridgehead atoms. The minimum atomic E-state index is -0.671. The quantitative estimate of drug-likeness (QED) is 0.791. The summed E-state index contributed by atoms with van der Waals surface area (Å²) >= 11 is 3.38. The zero-order valence-electron chi connectivity index (χ0n) is 11.5. The van der Waals surface area contributed by atoms with Gasteiger partial charge >= 0.3 is 0 Å². The summed E-state index contributed by atoms with van der Waals surface area (Å²) in [5.74, 6) is 1.82. The van der Waals surface area contributed by atoms with E-state index in [2.05, 4.69) is 45.1 Å². The fourth-order valence-corrected chi connectivity index (χ4v) is 1.94. The van der Waals surface area contributed by atoms with Crippen molar-refractivity contribution in [2.75, 3.05) is 11.9 Å². The largest absolute Gasteiger partial charge is 0.388 e. The van der Waals surface area contributed by atoms with Crippen molar-refractivity contribution in [3.05, 3.63) is 16.5 Å². The van der Waals surface area contributed by atoms with Gasteiger partial charge in [0.1, 0.15) is 16.2 Å². The predicted molar refractivity (Wildman–Crippen MR) is 77.8 cm³/mol. The lowest BCUT2D eigenvalue weighted by Gasteiger charge is -2.25. The summed E-state index contributed by atoms with van der Waals surface area (Å²) in [5, 5.41) is 13.4. The van der Waals surface area contributed by atoms with Gasteiger partial charge in [0.15, 0.2) is 0 Å². The third kappa shape index (κ3) is 4.21. The van der Waals surface area contributed by atoms with E-state index in [1.807, 2.05) is 19.9 Å². The van der Waals surface area contributed by atoms with Gasteiger partial charge in [-0.2, -0.15) is 0 Å². The Bertz CT molecular complexity index is 392. The molecule has 0 aliphatic heterocycles. The topological polar surface area (TPSA) is 58.0 Å². The monoisotopic (exact) mass is 315 g/mol. The van der Waals surface area contributed by atoms with E-state index in [4.69, 9.17) is 0 Å². The minimum absolute atomic E-state index is 0.277. The molecule has 102 valence electrons. The molecule has 0 saturated carbocycles. The normalized spacial score (nSPS) is 11.9. The van der Waals surface area contributed by atoms with E-state index in [1.54, 1.807) is 0 Å². The summed E-state index contributed by atoms with van der Waals surface area (Å²) in [6.45, 7) is 8.59. The maximum Gasteiger partial charge on any atom is 0.134 e. The SMILES string of the molecule is CCC(O)(CC)CNc1cc(Br)nc(C(C)C)n1. The van der Waals surface area contributed by atoms with Gasteiger partial charge in [0.2, 0.25) is 0 Å². The van der Waals surface area contributed by atoms with Crippen LogP contribution in [0.15, 0.2) is 10.7 Å². The highest BCUT2D eigenvalue weighted by molar-refractivity contribution is 9.10. The van der Waals surface area contributed by atoms with E-state index in [1.165, 1.54) is 0 Å². The molecule has 2 N–H and O–H groups in total. The van der Waals surface area contributed by atoms with Crippen LogP contribution in [-0.4, -0.2) is 27.2 Å². The summed E-state index contributed by atoms with van der Waals surface area (Å²) in [6, 6.07) is 1.83. The van der Waals surface area contributed by atoms with Gasteiger partial charge in [0, 0.05) is 18.5 Å². The van der Waals surface area contributed by atoms with Gasteiger partial charge in [0.05, 0.1) is 5.60 Å². The van der Waals surface area contributed by atoms with Crippen molar-refractivity contribution in [1.82, 2.24) is 9.97 Å². The first-order chi connectivity index (χ1) is 8.40. The van der Waals surface area contributed by atoms with Crippen molar-refractivity contribution >= 4 is 21.7 Å². The molecule has 0 aliphatic carbocycles. The van der Waals surface area contributed by atoms with Crippen LogP contribution in [0.25, 0.3) is 0 Å². The van der Waals surface area contributed by atoms with E-state index in [-0.39, 0.29) is 5.92 Å². The maximum atomic E-state index is 10.2. The first kappa shape index (κ1) is 15.4. The Morgan fingerprint density at radius 3 is 2.44 bits per heavy atom.